The zero-order valence-electron chi connectivity index (χ0n) is 12.4. The van der Waals surface area contributed by atoms with Crippen molar-refractivity contribution in [3.63, 3.8) is 0 Å². The van der Waals surface area contributed by atoms with Crippen LogP contribution in [0.3, 0.4) is 0 Å². The Morgan fingerprint density at radius 3 is 2.29 bits per heavy atom. The minimum Gasteiger partial charge on any atom is -0.497 e. The number of para-hydroxylation sites is 1. The number of ether oxygens (including phenoxy) is 3. The Morgan fingerprint density at radius 2 is 1.62 bits per heavy atom. The molecule has 0 spiro atoms. The van der Waals surface area contributed by atoms with E-state index in [-0.39, 0.29) is 0 Å². The van der Waals surface area contributed by atoms with Gasteiger partial charge in [0.25, 0.3) is 0 Å². The maximum Gasteiger partial charge on any atom is 0.122 e. The Morgan fingerprint density at radius 1 is 0.905 bits per heavy atom. The summed E-state index contributed by atoms with van der Waals surface area (Å²) in [4.78, 5) is 0. The summed E-state index contributed by atoms with van der Waals surface area (Å²) < 4.78 is 16.2. The lowest BCUT2D eigenvalue weighted by molar-refractivity contribution is 0.179. The van der Waals surface area contributed by atoms with Crippen LogP contribution in [-0.4, -0.2) is 20.3 Å². The normalized spacial score (nSPS) is 11.0. The van der Waals surface area contributed by atoms with E-state index in [9.17, 15) is 0 Å². The van der Waals surface area contributed by atoms with Gasteiger partial charge in [-0.1, -0.05) is 30.3 Å². The van der Waals surface area contributed by atoms with E-state index in [0.717, 1.165) is 22.6 Å². The lowest BCUT2D eigenvalue weighted by Crippen LogP contribution is -2.03. The van der Waals surface area contributed by atoms with Gasteiger partial charge in [0.2, 0.25) is 0 Å². The minimum absolute atomic E-state index is 0.516. The topological polar surface area (TPSA) is 27.7 Å². The largest absolute Gasteiger partial charge is 0.497 e. The van der Waals surface area contributed by atoms with E-state index in [1.807, 2.05) is 61.5 Å². The van der Waals surface area contributed by atoms with Gasteiger partial charge < -0.3 is 14.2 Å². The Kier molecular flexibility index (Phi) is 5.71. The summed E-state index contributed by atoms with van der Waals surface area (Å²) in [5.74, 6) is 1.71. The van der Waals surface area contributed by atoms with Gasteiger partial charge in [-0.2, -0.15) is 0 Å². The molecule has 0 fully saturated rings. The van der Waals surface area contributed by atoms with Crippen LogP contribution in [0.15, 0.2) is 60.9 Å². The summed E-state index contributed by atoms with van der Waals surface area (Å²) >= 11 is 0. The molecule has 0 heterocycles. The standard InChI is InChI=1S/C18H20O3/c1-15(16-8-10-17(19-2)11-9-16)14-20-12-13-21-18-6-4-3-5-7-18/h3-11,14H,12-13H2,1-2H3/b15-14+. The highest BCUT2D eigenvalue weighted by molar-refractivity contribution is 5.63. The monoisotopic (exact) mass is 284 g/mol. The van der Waals surface area contributed by atoms with E-state index < -0.39 is 0 Å². The second-order valence-corrected chi connectivity index (χ2v) is 4.56. The molecule has 0 radical (unpaired) electrons. The molecule has 0 N–H and O–H groups in total. The molecule has 0 aliphatic rings. The number of hydrogen-bond donors (Lipinski definition) is 0. The maximum atomic E-state index is 5.55. The fourth-order valence-electron chi connectivity index (χ4n) is 1.83. The van der Waals surface area contributed by atoms with Crippen molar-refractivity contribution in [2.24, 2.45) is 0 Å². The lowest BCUT2D eigenvalue weighted by atomic mass is 10.1. The second-order valence-electron chi connectivity index (χ2n) is 4.56. The van der Waals surface area contributed by atoms with Crippen LogP contribution in [0.2, 0.25) is 0 Å². The Labute approximate surface area is 125 Å². The van der Waals surface area contributed by atoms with Gasteiger partial charge in [-0.3, -0.25) is 0 Å². The van der Waals surface area contributed by atoms with Crippen molar-refractivity contribution in [2.45, 2.75) is 6.92 Å². The van der Waals surface area contributed by atoms with Crippen molar-refractivity contribution in [3.8, 4) is 11.5 Å². The van der Waals surface area contributed by atoms with Gasteiger partial charge in [-0.25, -0.2) is 0 Å². The van der Waals surface area contributed by atoms with Crippen LogP contribution >= 0.6 is 0 Å². The van der Waals surface area contributed by atoms with Crippen molar-refractivity contribution >= 4 is 5.57 Å². The predicted molar refractivity (Wildman–Crippen MR) is 84.5 cm³/mol. The average Bonchev–Trinajstić information content (AvgIpc) is 2.55. The molecule has 0 saturated carbocycles. The molecule has 0 atom stereocenters. The molecule has 0 aliphatic heterocycles. The van der Waals surface area contributed by atoms with Crippen molar-refractivity contribution in [2.75, 3.05) is 20.3 Å². The van der Waals surface area contributed by atoms with E-state index in [4.69, 9.17) is 14.2 Å². The Hall–Kier alpha value is -2.42. The first-order valence-electron chi connectivity index (χ1n) is 6.90. The SMILES string of the molecule is COc1ccc(/C(C)=C/OCCOc2ccccc2)cc1. The van der Waals surface area contributed by atoms with Gasteiger partial charge in [-0.05, 0) is 42.3 Å². The van der Waals surface area contributed by atoms with Crippen LogP contribution in [0.5, 0.6) is 11.5 Å². The molecule has 0 amide bonds. The average molecular weight is 284 g/mol. The zero-order valence-corrected chi connectivity index (χ0v) is 12.4. The molecule has 0 saturated heterocycles. The molecule has 21 heavy (non-hydrogen) atoms. The first-order chi connectivity index (χ1) is 10.3. The molecule has 2 rings (SSSR count). The van der Waals surface area contributed by atoms with Crippen LogP contribution < -0.4 is 9.47 Å². The number of allylic oxidation sites excluding steroid dienone is 1. The van der Waals surface area contributed by atoms with Crippen LogP contribution in [0.1, 0.15) is 12.5 Å². The van der Waals surface area contributed by atoms with Gasteiger partial charge in [0.1, 0.15) is 24.7 Å². The van der Waals surface area contributed by atoms with E-state index in [0.29, 0.717) is 13.2 Å². The molecule has 0 aromatic heterocycles. The van der Waals surface area contributed by atoms with Crippen LogP contribution in [0.4, 0.5) is 0 Å². The number of methoxy groups -OCH3 is 1. The first kappa shape index (κ1) is 15.0. The number of rotatable bonds is 7. The molecule has 0 aliphatic carbocycles. The van der Waals surface area contributed by atoms with Crippen LogP contribution in [0.25, 0.3) is 5.57 Å². The molecule has 2 aromatic rings. The third-order valence-electron chi connectivity index (χ3n) is 3.02. The molecule has 110 valence electrons. The minimum atomic E-state index is 0.516. The third kappa shape index (κ3) is 4.88. The van der Waals surface area contributed by atoms with Crippen molar-refractivity contribution in [3.05, 3.63) is 66.4 Å². The summed E-state index contributed by atoms with van der Waals surface area (Å²) in [6, 6.07) is 17.6. The summed E-state index contributed by atoms with van der Waals surface area (Å²) in [6.07, 6.45) is 1.76. The van der Waals surface area contributed by atoms with Gasteiger partial charge in [0.15, 0.2) is 0 Å². The van der Waals surface area contributed by atoms with Gasteiger partial charge in [0.05, 0.1) is 13.4 Å². The van der Waals surface area contributed by atoms with Gasteiger partial charge in [0, 0.05) is 0 Å². The lowest BCUT2D eigenvalue weighted by Gasteiger charge is -2.07. The highest BCUT2D eigenvalue weighted by Gasteiger charge is 1.97. The zero-order chi connectivity index (χ0) is 14.9. The van der Waals surface area contributed by atoms with Crippen molar-refractivity contribution in [1.82, 2.24) is 0 Å². The molecular formula is C18H20O3. The van der Waals surface area contributed by atoms with E-state index in [1.165, 1.54) is 0 Å². The quantitative estimate of drug-likeness (QED) is 0.564. The fourth-order valence-corrected chi connectivity index (χ4v) is 1.83. The summed E-state index contributed by atoms with van der Waals surface area (Å²) in [6.45, 7) is 3.05. The molecule has 3 heteroatoms. The molecule has 3 nitrogen and oxygen atoms in total. The van der Waals surface area contributed by atoms with E-state index in [1.54, 1.807) is 13.4 Å². The highest BCUT2D eigenvalue weighted by atomic mass is 16.5. The molecule has 2 aromatic carbocycles. The van der Waals surface area contributed by atoms with Gasteiger partial charge >= 0.3 is 0 Å². The first-order valence-corrected chi connectivity index (χ1v) is 6.90. The Bertz CT molecular complexity index is 559. The highest BCUT2D eigenvalue weighted by Crippen LogP contribution is 2.18. The molecular weight excluding hydrogens is 264 g/mol. The second kappa shape index (κ2) is 8.00. The third-order valence-corrected chi connectivity index (χ3v) is 3.02. The van der Waals surface area contributed by atoms with Crippen LogP contribution in [-0.2, 0) is 4.74 Å². The van der Waals surface area contributed by atoms with Crippen molar-refractivity contribution in [1.29, 1.82) is 0 Å². The molecule has 0 unspecified atom stereocenters. The predicted octanol–water partition coefficient (Wildman–Crippen LogP) is 4.15. The van der Waals surface area contributed by atoms with E-state index in [2.05, 4.69) is 0 Å². The smallest absolute Gasteiger partial charge is 0.122 e. The molecule has 0 bridgehead atoms. The summed E-state index contributed by atoms with van der Waals surface area (Å²) in [5.41, 5.74) is 2.18. The Balaban J connectivity index is 1.75. The summed E-state index contributed by atoms with van der Waals surface area (Å²) in [7, 11) is 1.66. The van der Waals surface area contributed by atoms with Gasteiger partial charge in [-0.15, -0.1) is 0 Å². The number of benzene rings is 2. The number of hydrogen-bond acceptors (Lipinski definition) is 3. The van der Waals surface area contributed by atoms with Crippen molar-refractivity contribution < 1.29 is 14.2 Å². The summed E-state index contributed by atoms with van der Waals surface area (Å²) in [5, 5.41) is 0. The maximum absolute atomic E-state index is 5.55. The fraction of sp³-hybridized carbons (Fsp3) is 0.222. The van der Waals surface area contributed by atoms with E-state index >= 15 is 0 Å². The van der Waals surface area contributed by atoms with Crippen LogP contribution in [0, 0.1) is 0 Å².